The third-order valence-corrected chi connectivity index (χ3v) is 7.80. The van der Waals surface area contributed by atoms with Crippen LogP contribution in [0.25, 0.3) is 0 Å². The van der Waals surface area contributed by atoms with Crippen molar-refractivity contribution >= 4 is 38.9 Å². The fourth-order valence-corrected chi connectivity index (χ4v) is 5.85. The maximum absolute atomic E-state index is 13.4. The average Bonchev–Trinajstić information content (AvgIpc) is 2.84. The maximum Gasteiger partial charge on any atom is 0.282 e. The van der Waals surface area contributed by atoms with E-state index in [1.165, 1.54) is 40.7 Å². The highest BCUT2D eigenvalue weighted by molar-refractivity contribution is 7.89. The molecule has 1 aromatic heterocycles. The molecule has 0 bridgehead atoms. The molecule has 0 spiro atoms. The molecule has 0 saturated carbocycles. The SMILES string of the molecule is O=C(Nc1ccc(S(=O)(=O)N2CCCCC2c2cccnc2)cc1)c1cc(Cl)ccc1[N+](=O)[O-]. The number of piperidine rings is 1. The first-order valence-electron chi connectivity index (χ1n) is 10.5. The van der Waals surface area contributed by atoms with Crippen LogP contribution < -0.4 is 5.32 Å². The van der Waals surface area contributed by atoms with Crippen molar-refractivity contribution in [1.29, 1.82) is 0 Å². The molecule has 3 aromatic rings. The lowest BCUT2D eigenvalue weighted by molar-refractivity contribution is -0.385. The van der Waals surface area contributed by atoms with E-state index in [2.05, 4.69) is 10.3 Å². The summed E-state index contributed by atoms with van der Waals surface area (Å²) < 4.78 is 28.3. The molecule has 176 valence electrons. The first kappa shape index (κ1) is 23.8. The maximum atomic E-state index is 13.4. The molecule has 1 fully saturated rings. The number of hydrogen-bond donors (Lipinski definition) is 1. The van der Waals surface area contributed by atoms with Crippen LogP contribution in [-0.2, 0) is 10.0 Å². The summed E-state index contributed by atoms with van der Waals surface area (Å²) in [6, 6.07) is 12.8. The largest absolute Gasteiger partial charge is 0.322 e. The number of anilines is 1. The molecule has 9 nitrogen and oxygen atoms in total. The minimum atomic E-state index is -3.79. The van der Waals surface area contributed by atoms with Gasteiger partial charge in [0.2, 0.25) is 10.0 Å². The van der Waals surface area contributed by atoms with Gasteiger partial charge in [-0.15, -0.1) is 0 Å². The number of nitrogens with zero attached hydrogens (tertiary/aromatic N) is 3. The van der Waals surface area contributed by atoms with Gasteiger partial charge in [0.05, 0.1) is 15.9 Å². The number of carbonyl (C=O) groups is 1. The molecule has 1 saturated heterocycles. The summed E-state index contributed by atoms with van der Waals surface area (Å²) in [5, 5.41) is 14.0. The number of halogens is 1. The van der Waals surface area contributed by atoms with Gasteiger partial charge in [-0.1, -0.05) is 24.1 Å². The number of pyridine rings is 1. The first-order chi connectivity index (χ1) is 16.3. The average molecular weight is 501 g/mol. The van der Waals surface area contributed by atoms with Crippen LogP contribution in [0.2, 0.25) is 5.02 Å². The molecular weight excluding hydrogens is 480 g/mol. The predicted molar refractivity (Wildman–Crippen MR) is 127 cm³/mol. The smallest absolute Gasteiger partial charge is 0.282 e. The van der Waals surface area contributed by atoms with E-state index in [-0.39, 0.29) is 27.2 Å². The standard InChI is InChI=1S/C23H21ClN4O5S/c24-17-6-11-22(28(30)31)20(14-17)23(29)26-18-7-9-19(10-8-18)34(32,33)27-13-2-1-5-21(27)16-4-3-12-25-15-16/h3-4,6-12,14-15,21H,1-2,5,13H2,(H,26,29). The van der Waals surface area contributed by atoms with E-state index in [0.29, 0.717) is 18.7 Å². The Morgan fingerprint density at radius 2 is 1.91 bits per heavy atom. The Bertz CT molecular complexity index is 1320. The summed E-state index contributed by atoms with van der Waals surface area (Å²) in [6.45, 7) is 0.402. The zero-order valence-corrected chi connectivity index (χ0v) is 19.5. The van der Waals surface area contributed by atoms with Crippen molar-refractivity contribution in [3.05, 3.63) is 93.3 Å². The van der Waals surface area contributed by atoms with E-state index in [1.807, 2.05) is 6.07 Å². The molecule has 1 unspecified atom stereocenters. The Labute approximate surface area is 201 Å². The molecule has 2 heterocycles. The Morgan fingerprint density at radius 3 is 2.59 bits per heavy atom. The number of nitro benzene ring substituents is 1. The van der Waals surface area contributed by atoms with E-state index >= 15 is 0 Å². The molecule has 0 aliphatic carbocycles. The zero-order chi connectivity index (χ0) is 24.3. The van der Waals surface area contributed by atoms with Crippen LogP contribution in [0.4, 0.5) is 11.4 Å². The number of nitrogens with one attached hydrogen (secondary N) is 1. The molecule has 11 heteroatoms. The Morgan fingerprint density at radius 1 is 1.15 bits per heavy atom. The van der Waals surface area contributed by atoms with Gasteiger partial charge < -0.3 is 5.32 Å². The van der Waals surface area contributed by atoms with E-state index in [0.717, 1.165) is 24.5 Å². The van der Waals surface area contributed by atoms with Crippen molar-refractivity contribution in [2.24, 2.45) is 0 Å². The van der Waals surface area contributed by atoms with Gasteiger partial charge in [0.1, 0.15) is 5.56 Å². The fraction of sp³-hybridized carbons (Fsp3) is 0.217. The number of benzene rings is 2. The van der Waals surface area contributed by atoms with Crippen molar-refractivity contribution in [1.82, 2.24) is 9.29 Å². The molecule has 1 amide bonds. The molecule has 1 atom stereocenters. The molecule has 4 rings (SSSR count). The zero-order valence-electron chi connectivity index (χ0n) is 17.9. The van der Waals surface area contributed by atoms with E-state index < -0.39 is 20.9 Å². The highest BCUT2D eigenvalue weighted by Crippen LogP contribution is 2.35. The number of hydrogen-bond acceptors (Lipinski definition) is 6. The number of aromatic nitrogens is 1. The summed E-state index contributed by atoms with van der Waals surface area (Å²) in [5.41, 5.74) is 0.563. The lowest BCUT2D eigenvalue weighted by Gasteiger charge is -2.34. The number of carbonyl (C=O) groups excluding carboxylic acids is 1. The topological polar surface area (TPSA) is 123 Å². The van der Waals surface area contributed by atoms with Gasteiger partial charge in [0.15, 0.2) is 0 Å². The van der Waals surface area contributed by atoms with Crippen LogP contribution in [0.15, 0.2) is 71.9 Å². The summed E-state index contributed by atoms with van der Waals surface area (Å²) in [6.07, 6.45) is 5.73. The van der Waals surface area contributed by atoms with Gasteiger partial charge in [-0.2, -0.15) is 4.31 Å². The Kier molecular flexibility index (Phi) is 6.92. The first-order valence-corrected chi connectivity index (χ1v) is 12.4. The quantitative estimate of drug-likeness (QED) is 0.382. The predicted octanol–water partition coefficient (Wildman–Crippen LogP) is 4.81. The molecule has 1 aliphatic heterocycles. The van der Waals surface area contributed by atoms with Crippen molar-refractivity contribution in [2.45, 2.75) is 30.2 Å². The molecule has 1 N–H and O–H groups in total. The summed E-state index contributed by atoms with van der Waals surface area (Å²) >= 11 is 5.89. The van der Waals surface area contributed by atoms with Gasteiger partial charge in [-0.05, 0) is 60.9 Å². The van der Waals surface area contributed by atoms with Gasteiger partial charge in [-0.3, -0.25) is 19.9 Å². The highest BCUT2D eigenvalue weighted by atomic mass is 35.5. The van der Waals surface area contributed by atoms with E-state index in [9.17, 15) is 23.3 Å². The number of sulfonamides is 1. The third kappa shape index (κ3) is 4.93. The summed E-state index contributed by atoms with van der Waals surface area (Å²) in [7, 11) is -3.79. The van der Waals surface area contributed by atoms with Gasteiger partial charge >= 0.3 is 0 Å². The fourth-order valence-electron chi connectivity index (χ4n) is 3.99. The second-order valence-corrected chi connectivity index (χ2v) is 10.1. The monoisotopic (exact) mass is 500 g/mol. The molecule has 1 aliphatic rings. The number of rotatable bonds is 6. The van der Waals surface area contributed by atoms with E-state index in [4.69, 9.17) is 11.6 Å². The lowest BCUT2D eigenvalue weighted by atomic mass is 9.99. The van der Waals surface area contributed by atoms with Crippen LogP contribution >= 0.6 is 11.6 Å². The van der Waals surface area contributed by atoms with Crippen LogP contribution in [0.3, 0.4) is 0 Å². The summed E-state index contributed by atoms with van der Waals surface area (Å²) in [5.74, 6) is -0.725. The van der Waals surface area contributed by atoms with Gasteiger partial charge in [-0.25, -0.2) is 8.42 Å². The van der Waals surface area contributed by atoms with Crippen LogP contribution in [0, 0.1) is 10.1 Å². The molecule has 0 radical (unpaired) electrons. The van der Waals surface area contributed by atoms with Crippen molar-refractivity contribution < 1.29 is 18.1 Å². The Hall–Kier alpha value is -3.34. The van der Waals surface area contributed by atoms with Crippen LogP contribution in [0.5, 0.6) is 0 Å². The Balaban J connectivity index is 1.56. The number of nitro groups is 1. The summed E-state index contributed by atoms with van der Waals surface area (Å²) in [4.78, 5) is 27.4. The number of amides is 1. The van der Waals surface area contributed by atoms with Crippen molar-refractivity contribution in [2.75, 3.05) is 11.9 Å². The third-order valence-electron chi connectivity index (χ3n) is 5.64. The van der Waals surface area contributed by atoms with Crippen molar-refractivity contribution in [3.63, 3.8) is 0 Å². The second-order valence-electron chi connectivity index (χ2n) is 7.81. The molecule has 2 aromatic carbocycles. The van der Waals surface area contributed by atoms with Crippen molar-refractivity contribution in [3.8, 4) is 0 Å². The normalized spacial score (nSPS) is 16.7. The second kappa shape index (κ2) is 9.88. The van der Waals surface area contributed by atoms with Crippen LogP contribution in [0.1, 0.15) is 41.2 Å². The highest BCUT2D eigenvalue weighted by Gasteiger charge is 2.34. The van der Waals surface area contributed by atoms with Crippen LogP contribution in [-0.4, -0.2) is 35.1 Å². The van der Waals surface area contributed by atoms with Gasteiger partial charge in [0, 0.05) is 35.7 Å². The minimum Gasteiger partial charge on any atom is -0.322 e. The molecule has 34 heavy (non-hydrogen) atoms. The van der Waals surface area contributed by atoms with E-state index in [1.54, 1.807) is 18.5 Å². The van der Waals surface area contributed by atoms with Gasteiger partial charge in [0.25, 0.3) is 11.6 Å². The molecular formula is C23H21ClN4O5S. The lowest BCUT2D eigenvalue weighted by Crippen LogP contribution is -2.38. The minimum absolute atomic E-state index is 0.0926.